The van der Waals surface area contributed by atoms with Gasteiger partial charge >= 0.3 is 0 Å². The number of hydrazone groups is 1. The summed E-state index contributed by atoms with van der Waals surface area (Å²) in [6.45, 7) is 0. The number of halogens is 2. The van der Waals surface area contributed by atoms with E-state index in [0.717, 1.165) is 0 Å². The number of hydrogen-bond donors (Lipinski definition) is 3. The van der Waals surface area contributed by atoms with Crippen LogP contribution in [0.25, 0.3) is 11.3 Å². The summed E-state index contributed by atoms with van der Waals surface area (Å²) in [5.41, 5.74) is 1.14. The summed E-state index contributed by atoms with van der Waals surface area (Å²) in [5, 5.41) is 24.4. The van der Waals surface area contributed by atoms with Crippen LogP contribution in [0.4, 0.5) is 15.9 Å². The SMILES string of the molecule is COc1ccc(C(=NN)c2nc3nonc3nc2Nc2ccc(F)c(Cl)c2)c(O)c1. The maximum atomic E-state index is 13.5. The number of aromatic hydroxyl groups is 1. The quantitative estimate of drug-likeness (QED) is 0.247. The van der Waals surface area contributed by atoms with Gasteiger partial charge in [0.15, 0.2) is 5.82 Å². The fourth-order valence-electron chi connectivity index (χ4n) is 2.70. The molecule has 0 radical (unpaired) electrons. The third-order valence-electron chi connectivity index (χ3n) is 4.11. The molecule has 0 fully saturated rings. The molecule has 30 heavy (non-hydrogen) atoms. The van der Waals surface area contributed by atoms with Gasteiger partial charge in [-0.3, -0.25) is 0 Å². The molecule has 0 unspecified atom stereocenters. The molecule has 4 aromatic rings. The first-order chi connectivity index (χ1) is 14.5. The van der Waals surface area contributed by atoms with E-state index in [1.807, 2.05) is 0 Å². The smallest absolute Gasteiger partial charge is 0.245 e. The number of fused-ring (bicyclic) bond motifs is 1. The Bertz CT molecular complexity index is 1280. The minimum absolute atomic E-state index is 0.0841. The highest BCUT2D eigenvalue weighted by Gasteiger charge is 2.22. The minimum atomic E-state index is -0.572. The van der Waals surface area contributed by atoms with Gasteiger partial charge in [-0.1, -0.05) is 11.6 Å². The molecule has 2 aromatic heterocycles. The van der Waals surface area contributed by atoms with Gasteiger partial charge < -0.3 is 21.0 Å². The fourth-order valence-corrected chi connectivity index (χ4v) is 2.88. The highest BCUT2D eigenvalue weighted by Crippen LogP contribution is 2.29. The topological polar surface area (TPSA) is 145 Å². The lowest BCUT2D eigenvalue weighted by Gasteiger charge is -2.13. The van der Waals surface area contributed by atoms with Crippen molar-refractivity contribution in [2.75, 3.05) is 12.4 Å². The molecular formula is C18H13ClFN7O3. The molecule has 2 heterocycles. The summed E-state index contributed by atoms with van der Waals surface area (Å²) in [6.07, 6.45) is 0. The van der Waals surface area contributed by atoms with E-state index >= 15 is 0 Å². The van der Waals surface area contributed by atoms with Crippen molar-refractivity contribution in [3.63, 3.8) is 0 Å². The second kappa shape index (κ2) is 7.79. The van der Waals surface area contributed by atoms with Gasteiger partial charge in [-0.25, -0.2) is 19.0 Å². The van der Waals surface area contributed by atoms with Crippen molar-refractivity contribution >= 4 is 40.1 Å². The highest BCUT2D eigenvalue weighted by atomic mass is 35.5. The van der Waals surface area contributed by atoms with E-state index in [1.165, 1.54) is 31.4 Å². The zero-order chi connectivity index (χ0) is 21.3. The van der Waals surface area contributed by atoms with E-state index in [0.29, 0.717) is 11.4 Å². The standard InChI is InChI=1S/C18H13ClFN7O3/c1-29-9-3-4-10(13(28)7-9)14(25-21)15-16(24-18-17(23-15)26-30-27-18)22-8-2-5-12(20)11(19)6-8/h2-7,28H,21H2,1H3,(H,22,24,27). The molecular weight excluding hydrogens is 417 g/mol. The summed E-state index contributed by atoms with van der Waals surface area (Å²) < 4.78 is 23.3. The van der Waals surface area contributed by atoms with Gasteiger partial charge in [-0.15, -0.1) is 0 Å². The molecule has 12 heteroatoms. The number of phenols is 1. The second-order valence-electron chi connectivity index (χ2n) is 5.95. The van der Waals surface area contributed by atoms with Crippen LogP contribution in [-0.2, 0) is 0 Å². The number of phenolic OH excluding ortho intramolecular Hbond substituents is 1. The number of ether oxygens (including phenoxy) is 1. The predicted molar refractivity (Wildman–Crippen MR) is 107 cm³/mol. The summed E-state index contributed by atoms with van der Waals surface area (Å²) in [5.74, 6) is 5.50. The number of benzene rings is 2. The highest BCUT2D eigenvalue weighted by molar-refractivity contribution is 6.31. The minimum Gasteiger partial charge on any atom is -0.507 e. The molecule has 4 N–H and O–H groups in total. The summed E-state index contributed by atoms with van der Waals surface area (Å²) >= 11 is 5.86. The average molecular weight is 430 g/mol. The molecule has 4 rings (SSSR count). The van der Waals surface area contributed by atoms with E-state index in [2.05, 4.69) is 35.3 Å². The molecule has 0 spiro atoms. The Morgan fingerprint density at radius 1 is 1.20 bits per heavy atom. The Kier molecular flexibility index (Phi) is 5.02. The molecule has 0 bridgehead atoms. The van der Waals surface area contributed by atoms with Crippen LogP contribution in [0.5, 0.6) is 11.5 Å². The molecule has 0 saturated carbocycles. The van der Waals surface area contributed by atoms with Gasteiger partial charge in [0.25, 0.3) is 0 Å². The first-order valence-electron chi connectivity index (χ1n) is 8.38. The van der Waals surface area contributed by atoms with Crippen LogP contribution in [0.15, 0.2) is 46.1 Å². The van der Waals surface area contributed by atoms with Crippen molar-refractivity contribution < 1.29 is 18.9 Å². The van der Waals surface area contributed by atoms with Gasteiger partial charge in [-0.2, -0.15) is 5.10 Å². The predicted octanol–water partition coefficient (Wildman–Crippen LogP) is 2.97. The van der Waals surface area contributed by atoms with Gasteiger partial charge in [0.05, 0.1) is 12.1 Å². The fraction of sp³-hybridized carbons (Fsp3) is 0.0556. The average Bonchev–Trinajstić information content (AvgIpc) is 3.19. The number of nitrogens with zero attached hydrogens (tertiary/aromatic N) is 5. The van der Waals surface area contributed by atoms with Crippen LogP contribution in [0.3, 0.4) is 0 Å². The van der Waals surface area contributed by atoms with Crippen LogP contribution >= 0.6 is 11.6 Å². The summed E-state index contributed by atoms with van der Waals surface area (Å²) in [6, 6.07) is 8.61. The Labute approximate surface area is 173 Å². The van der Waals surface area contributed by atoms with E-state index in [1.54, 1.807) is 12.1 Å². The van der Waals surface area contributed by atoms with Crippen molar-refractivity contribution in [2.24, 2.45) is 10.9 Å². The maximum Gasteiger partial charge on any atom is 0.245 e. The lowest BCUT2D eigenvalue weighted by atomic mass is 10.1. The third kappa shape index (κ3) is 3.53. The first-order valence-corrected chi connectivity index (χ1v) is 8.76. The first kappa shape index (κ1) is 19.3. The normalized spacial score (nSPS) is 11.6. The van der Waals surface area contributed by atoms with E-state index < -0.39 is 5.82 Å². The van der Waals surface area contributed by atoms with Crippen molar-refractivity contribution in [1.82, 2.24) is 20.3 Å². The zero-order valence-electron chi connectivity index (χ0n) is 15.3. The van der Waals surface area contributed by atoms with Crippen molar-refractivity contribution in [3.8, 4) is 11.5 Å². The summed E-state index contributed by atoms with van der Waals surface area (Å²) in [7, 11) is 1.47. The molecule has 0 atom stereocenters. The number of aromatic nitrogens is 4. The van der Waals surface area contributed by atoms with Crippen LogP contribution in [0, 0.1) is 5.82 Å². The van der Waals surface area contributed by atoms with Crippen LogP contribution < -0.4 is 15.9 Å². The van der Waals surface area contributed by atoms with Gasteiger partial charge in [0, 0.05) is 17.3 Å². The number of anilines is 2. The van der Waals surface area contributed by atoms with Gasteiger partial charge in [0.2, 0.25) is 11.3 Å². The van der Waals surface area contributed by atoms with Crippen LogP contribution in [0.1, 0.15) is 11.3 Å². The molecule has 152 valence electrons. The number of nitrogens with two attached hydrogens (primary N) is 1. The number of nitrogens with one attached hydrogen (secondary N) is 1. The van der Waals surface area contributed by atoms with Crippen LogP contribution in [-0.4, -0.2) is 38.2 Å². The zero-order valence-corrected chi connectivity index (χ0v) is 16.1. The van der Waals surface area contributed by atoms with Gasteiger partial charge in [0.1, 0.15) is 28.7 Å². The molecule has 0 amide bonds. The van der Waals surface area contributed by atoms with E-state index in [4.69, 9.17) is 22.2 Å². The van der Waals surface area contributed by atoms with Crippen molar-refractivity contribution in [3.05, 3.63) is 58.5 Å². The Balaban J connectivity index is 1.85. The molecule has 0 saturated heterocycles. The number of hydrogen-bond acceptors (Lipinski definition) is 10. The largest absolute Gasteiger partial charge is 0.507 e. The third-order valence-corrected chi connectivity index (χ3v) is 4.40. The second-order valence-corrected chi connectivity index (χ2v) is 6.35. The summed E-state index contributed by atoms with van der Waals surface area (Å²) in [4.78, 5) is 8.67. The lowest BCUT2D eigenvalue weighted by Crippen LogP contribution is -2.13. The molecule has 10 nitrogen and oxygen atoms in total. The molecule has 2 aromatic carbocycles. The van der Waals surface area contributed by atoms with Crippen molar-refractivity contribution in [1.29, 1.82) is 0 Å². The molecule has 0 aliphatic heterocycles. The van der Waals surface area contributed by atoms with Crippen molar-refractivity contribution in [2.45, 2.75) is 0 Å². The van der Waals surface area contributed by atoms with Gasteiger partial charge in [-0.05, 0) is 40.6 Å². The monoisotopic (exact) mass is 429 g/mol. The van der Waals surface area contributed by atoms with Crippen LogP contribution in [0.2, 0.25) is 5.02 Å². The maximum absolute atomic E-state index is 13.5. The van der Waals surface area contributed by atoms with E-state index in [-0.39, 0.29) is 44.9 Å². The Morgan fingerprint density at radius 3 is 2.63 bits per heavy atom. The lowest BCUT2D eigenvalue weighted by molar-refractivity contribution is 0.314. The molecule has 0 aliphatic carbocycles. The Hall–Kier alpha value is -3.99. The Morgan fingerprint density at radius 2 is 1.97 bits per heavy atom. The van der Waals surface area contributed by atoms with E-state index in [9.17, 15) is 9.50 Å². The number of methoxy groups -OCH3 is 1. The molecule has 0 aliphatic rings. The number of rotatable bonds is 5.